The lowest BCUT2D eigenvalue weighted by molar-refractivity contribution is -0.115. The third-order valence-corrected chi connectivity index (χ3v) is 6.04. The van der Waals surface area contributed by atoms with Crippen molar-refractivity contribution >= 4 is 5.91 Å². The summed E-state index contributed by atoms with van der Waals surface area (Å²) < 4.78 is 8.85. The Kier molecular flexibility index (Phi) is 4.25. The molecule has 0 aromatic carbocycles. The first-order valence-electron chi connectivity index (χ1n) is 9.52. The van der Waals surface area contributed by atoms with Crippen LogP contribution in [0.3, 0.4) is 0 Å². The quantitative estimate of drug-likeness (QED) is 0.889. The number of carbonyl (C=O) groups is 1. The van der Waals surface area contributed by atoms with Crippen LogP contribution in [0.25, 0.3) is 0 Å². The first-order chi connectivity index (χ1) is 12.8. The van der Waals surface area contributed by atoms with Gasteiger partial charge >= 0.3 is 0 Å². The molecule has 1 spiro atoms. The molecule has 4 heterocycles. The summed E-state index contributed by atoms with van der Waals surface area (Å²) in [6.45, 7) is 8.00. The molecule has 0 aliphatic carbocycles. The highest BCUT2D eigenvalue weighted by atomic mass is 16.5. The first-order valence-corrected chi connectivity index (χ1v) is 9.52. The number of aryl methyl sites for hydroxylation is 2. The van der Waals surface area contributed by atoms with Gasteiger partial charge in [-0.3, -0.25) is 24.1 Å². The molecule has 4 rings (SSSR count). The van der Waals surface area contributed by atoms with E-state index in [1.165, 1.54) is 4.68 Å². The van der Waals surface area contributed by atoms with Crippen LogP contribution in [0.5, 0.6) is 0 Å². The molecule has 8 nitrogen and oxygen atoms in total. The molecule has 2 aromatic rings. The molecule has 0 radical (unpaired) electrons. The number of hydrogen-bond acceptors (Lipinski definition) is 4. The maximum atomic E-state index is 13.3. The summed E-state index contributed by atoms with van der Waals surface area (Å²) in [4.78, 5) is 27.5. The van der Waals surface area contributed by atoms with Crippen molar-refractivity contribution in [3.8, 4) is 0 Å². The van der Waals surface area contributed by atoms with Crippen LogP contribution < -0.4 is 5.56 Å². The number of aromatic nitrogens is 4. The molecule has 27 heavy (non-hydrogen) atoms. The Hall–Kier alpha value is -2.35. The zero-order chi connectivity index (χ0) is 19.3. The SMILES string of the molecule is Cc1[nH]n(C)c(=O)c1C(=O)N1CC2(CCOCC2)C1c1cnn(C(C)C)c1. The lowest BCUT2D eigenvalue weighted by Gasteiger charge is -2.58. The summed E-state index contributed by atoms with van der Waals surface area (Å²) in [5.41, 5.74) is 1.61. The van der Waals surface area contributed by atoms with Gasteiger partial charge < -0.3 is 9.64 Å². The van der Waals surface area contributed by atoms with Gasteiger partial charge in [0.2, 0.25) is 0 Å². The van der Waals surface area contributed by atoms with Crippen molar-refractivity contribution in [3.05, 3.63) is 39.6 Å². The van der Waals surface area contributed by atoms with Crippen LogP contribution in [0.4, 0.5) is 0 Å². The summed E-state index contributed by atoms with van der Waals surface area (Å²) in [5.74, 6) is -0.200. The number of aromatic amines is 1. The topological polar surface area (TPSA) is 85.2 Å². The molecule has 2 aromatic heterocycles. The minimum Gasteiger partial charge on any atom is -0.381 e. The van der Waals surface area contributed by atoms with Gasteiger partial charge in [0, 0.05) is 55.7 Å². The normalized spacial score (nSPS) is 21.7. The fraction of sp³-hybridized carbons (Fsp3) is 0.632. The first kappa shape index (κ1) is 18.0. The average molecular weight is 373 g/mol. The van der Waals surface area contributed by atoms with Gasteiger partial charge in [-0.15, -0.1) is 0 Å². The third kappa shape index (κ3) is 2.74. The van der Waals surface area contributed by atoms with E-state index in [1.54, 1.807) is 14.0 Å². The van der Waals surface area contributed by atoms with Crippen molar-refractivity contribution in [1.82, 2.24) is 24.5 Å². The van der Waals surface area contributed by atoms with Crippen LogP contribution in [-0.2, 0) is 11.8 Å². The number of hydrogen-bond donors (Lipinski definition) is 1. The minimum absolute atomic E-state index is 0.00813. The molecule has 1 N–H and O–H groups in total. The molecule has 2 saturated heterocycles. The molecule has 0 bridgehead atoms. The van der Waals surface area contributed by atoms with Gasteiger partial charge in [0.05, 0.1) is 12.2 Å². The van der Waals surface area contributed by atoms with E-state index in [1.807, 2.05) is 22.0 Å². The van der Waals surface area contributed by atoms with E-state index in [-0.39, 0.29) is 34.5 Å². The molecule has 8 heteroatoms. The molecule has 0 saturated carbocycles. The van der Waals surface area contributed by atoms with Gasteiger partial charge in [0.25, 0.3) is 11.5 Å². The molecule has 2 aliphatic rings. The monoisotopic (exact) mass is 373 g/mol. The summed E-state index contributed by atoms with van der Waals surface area (Å²) in [6.07, 6.45) is 5.73. The highest BCUT2D eigenvalue weighted by Gasteiger charge is 2.56. The van der Waals surface area contributed by atoms with Gasteiger partial charge in [-0.25, -0.2) is 0 Å². The number of nitrogens with zero attached hydrogens (tertiary/aromatic N) is 4. The Morgan fingerprint density at radius 3 is 2.63 bits per heavy atom. The Morgan fingerprint density at radius 2 is 2.07 bits per heavy atom. The maximum Gasteiger partial charge on any atom is 0.279 e. The van der Waals surface area contributed by atoms with E-state index in [0.29, 0.717) is 25.5 Å². The van der Waals surface area contributed by atoms with Crippen LogP contribution in [0.2, 0.25) is 0 Å². The largest absolute Gasteiger partial charge is 0.381 e. The van der Waals surface area contributed by atoms with Gasteiger partial charge in [-0.05, 0) is 33.6 Å². The average Bonchev–Trinajstić information content (AvgIpc) is 3.18. The Bertz CT molecular complexity index is 916. The van der Waals surface area contributed by atoms with Crippen molar-refractivity contribution in [2.75, 3.05) is 19.8 Å². The van der Waals surface area contributed by atoms with Crippen molar-refractivity contribution in [3.63, 3.8) is 0 Å². The number of nitrogens with one attached hydrogen (secondary N) is 1. The highest BCUT2D eigenvalue weighted by molar-refractivity contribution is 5.96. The van der Waals surface area contributed by atoms with Crippen LogP contribution in [0.1, 0.15) is 60.4 Å². The second kappa shape index (κ2) is 6.37. The molecular formula is C19H27N5O3. The molecule has 2 fully saturated rings. The van der Waals surface area contributed by atoms with Gasteiger partial charge in [-0.1, -0.05) is 0 Å². The van der Waals surface area contributed by atoms with Crippen LogP contribution >= 0.6 is 0 Å². The Labute approximate surface area is 158 Å². The standard InChI is InChI=1S/C19H27N5O3/c1-12(2)24-10-14(9-20-24)16-19(5-7-27-8-6-19)11-23(16)18(26)15-13(3)21-22(4)17(15)25/h9-10,12,16,21H,5-8,11H2,1-4H3. The summed E-state index contributed by atoms with van der Waals surface area (Å²) in [7, 11) is 1.63. The number of carbonyl (C=O) groups excluding carboxylic acids is 1. The fourth-order valence-corrected chi connectivity index (χ4v) is 4.53. The van der Waals surface area contributed by atoms with Crippen molar-refractivity contribution in [2.45, 2.75) is 45.7 Å². The summed E-state index contributed by atoms with van der Waals surface area (Å²) in [6, 6.07) is 0.188. The minimum atomic E-state index is -0.276. The second-order valence-corrected chi connectivity index (χ2v) is 8.13. The number of likely N-dealkylation sites (tertiary alicyclic amines) is 1. The lowest BCUT2D eigenvalue weighted by atomic mass is 9.64. The van der Waals surface area contributed by atoms with E-state index in [0.717, 1.165) is 18.4 Å². The smallest absolute Gasteiger partial charge is 0.279 e. The Morgan fingerprint density at radius 1 is 1.37 bits per heavy atom. The van der Waals surface area contributed by atoms with E-state index in [4.69, 9.17) is 4.74 Å². The molecule has 1 amide bonds. The van der Waals surface area contributed by atoms with Crippen molar-refractivity contribution in [1.29, 1.82) is 0 Å². The van der Waals surface area contributed by atoms with Crippen LogP contribution in [-0.4, -0.2) is 50.1 Å². The zero-order valence-electron chi connectivity index (χ0n) is 16.4. The number of ether oxygens (including phenoxy) is 1. The second-order valence-electron chi connectivity index (χ2n) is 8.13. The predicted octanol–water partition coefficient (Wildman–Crippen LogP) is 1.79. The van der Waals surface area contributed by atoms with E-state index < -0.39 is 0 Å². The molecular weight excluding hydrogens is 346 g/mol. The number of amides is 1. The molecule has 2 aliphatic heterocycles. The molecule has 1 unspecified atom stereocenters. The van der Waals surface area contributed by atoms with Crippen molar-refractivity contribution < 1.29 is 9.53 Å². The van der Waals surface area contributed by atoms with Gasteiger partial charge in [0.1, 0.15) is 5.56 Å². The predicted molar refractivity (Wildman–Crippen MR) is 99.6 cm³/mol. The summed E-state index contributed by atoms with van der Waals surface area (Å²) >= 11 is 0. The molecule has 146 valence electrons. The fourth-order valence-electron chi connectivity index (χ4n) is 4.53. The number of rotatable bonds is 3. The van der Waals surface area contributed by atoms with E-state index in [2.05, 4.69) is 24.0 Å². The van der Waals surface area contributed by atoms with Crippen molar-refractivity contribution in [2.24, 2.45) is 12.5 Å². The van der Waals surface area contributed by atoms with Crippen LogP contribution in [0, 0.1) is 12.3 Å². The van der Waals surface area contributed by atoms with Gasteiger partial charge in [-0.2, -0.15) is 5.10 Å². The van der Waals surface area contributed by atoms with E-state index in [9.17, 15) is 9.59 Å². The highest BCUT2D eigenvalue weighted by Crippen LogP contribution is 2.55. The van der Waals surface area contributed by atoms with Gasteiger partial charge in [0.15, 0.2) is 0 Å². The maximum absolute atomic E-state index is 13.3. The van der Waals surface area contributed by atoms with E-state index >= 15 is 0 Å². The van der Waals surface area contributed by atoms with Crippen LogP contribution in [0.15, 0.2) is 17.2 Å². The number of H-pyrrole nitrogens is 1. The zero-order valence-corrected chi connectivity index (χ0v) is 16.4. The summed E-state index contributed by atoms with van der Waals surface area (Å²) in [5, 5.41) is 7.40. The third-order valence-electron chi connectivity index (χ3n) is 6.04. The Balaban J connectivity index is 1.71. The molecule has 1 atom stereocenters. The lowest BCUT2D eigenvalue weighted by Crippen LogP contribution is -2.62.